The second-order valence-corrected chi connectivity index (χ2v) is 8.82. The molecule has 0 fully saturated rings. The van der Waals surface area contributed by atoms with Gasteiger partial charge in [0, 0.05) is 16.4 Å². The van der Waals surface area contributed by atoms with Crippen LogP contribution in [-0.2, 0) is 10.0 Å². The highest BCUT2D eigenvalue weighted by Gasteiger charge is 2.19. The lowest BCUT2D eigenvalue weighted by atomic mass is 10.1. The number of hydrogen-bond donors (Lipinski definition) is 2. The molecule has 0 aromatic heterocycles. The van der Waals surface area contributed by atoms with Gasteiger partial charge in [0.1, 0.15) is 0 Å². The Balaban J connectivity index is 1.89. The molecule has 0 radical (unpaired) electrons. The van der Waals surface area contributed by atoms with Crippen LogP contribution in [0.25, 0.3) is 0 Å². The minimum atomic E-state index is -3.97. The molecule has 0 atom stereocenters. The summed E-state index contributed by atoms with van der Waals surface area (Å²) < 4.78 is 54.5. The molecule has 30 heavy (non-hydrogen) atoms. The van der Waals surface area contributed by atoms with Gasteiger partial charge >= 0.3 is 0 Å². The monoisotopic (exact) mass is 470 g/mol. The van der Waals surface area contributed by atoms with E-state index in [4.69, 9.17) is 23.2 Å². The van der Waals surface area contributed by atoms with Gasteiger partial charge < -0.3 is 5.32 Å². The molecule has 3 aromatic rings. The van der Waals surface area contributed by atoms with Gasteiger partial charge in [-0.05, 0) is 61.0 Å². The van der Waals surface area contributed by atoms with Crippen molar-refractivity contribution in [3.8, 4) is 0 Å². The maximum absolute atomic E-state index is 13.5. The third-order valence-electron chi connectivity index (χ3n) is 4.12. The molecular formula is C20H14Cl2F2N2O3S. The number of anilines is 2. The van der Waals surface area contributed by atoms with E-state index in [1.165, 1.54) is 42.5 Å². The molecular weight excluding hydrogens is 457 g/mol. The predicted molar refractivity (Wildman–Crippen MR) is 113 cm³/mol. The summed E-state index contributed by atoms with van der Waals surface area (Å²) >= 11 is 11.6. The molecule has 3 rings (SSSR count). The van der Waals surface area contributed by atoms with Crippen molar-refractivity contribution in [3.05, 3.63) is 87.4 Å². The van der Waals surface area contributed by atoms with Crippen LogP contribution in [0.1, 0.15) is 15.9 Å². The molecule has 2 N–H and O–H groups in total. The van der Waals surface area contributed by atoms with Crippen molar-refractivity contribution < 1.29 is 22.0 Å². The summed E-state index contributed by atoms with van der Waals surface area (Å²) in [7, 11) is -3.97. The second-order valence-electron chi connectivity index (χ2n) is 6.29. The molecule has 0 bridgehead atoms. The molecule has 156 valence electrons. The summed E-state index contributed by atoms with van der Waals surface area (Å²) in [6.45, 7) is 1.64. The number of nitrogens with one attached hydrogen (secondary N) is 2. The van der Waals surface area contributed by atoms with Gasteiger partial charge in [0.15, 0.2) is 11.6 Å². The zero-order valence-corrected chi connectivity index (χ0v) is 17.7. The van der Waals surface area contributed by atoms with Gasteiger partial charge in [0.25, 0.3) is 15.9 Å². The first kappa shape index (κ1) is 22.0. The molecule has 0 saturated carbocycles. The largest absolute Gasteiger partial charge is 0.322 e. The molecule has 0 aliphatic rings. The van der Waals surface area contributed by atoms with Crippen molar-refractivity contribution in [2.45, 2.75) is 11.8 Å². The van der Waals surface area contributed by atoms with Crippen LogP contribution in [0.4, 0.5) is 20.2 Å². The highest BCUT2D eigenvalue weighted by molar-refractivity contribution is 7.92. The van der Waals surface area contributed by atoms with Crippen LogP contribution < -0.4 is 10.0 Å². The third-order valence-corrected chi connectivity index (χ3v) is 6.06. The Kier molecular flexibility index (Phi) is 6.30. The summed E-state index contributed by atoms with van der Waals surface area (Å²) in [6.07, 6.45) is 0. The summed E-state index contributed by atoms with van der Waals surface area (Å²) in [5, 5.41) is 2.65. The lowest BCUT2D eigenvalue weighted by molar-refractivity contribution is 0.102. The van der Waals surface area contributed by atoms with Crippen molar-refractivity contribution in [3.63, 3.8) is 0 Å². The fourth-order valence-corrected chi connectivity index (χ4v) is 3.97. The van der Waals surface area contributed by atoms with Crippen LogP contribution in [0.2, 0.25) is 10.0 Å². The summed E-state index contributed by atoms with van der Waals surface area (Å²) in [5.74, 6) is -3.24. The Morgan fingerprint density at radius 2 is 1.57 bits per heavy atom. The van der Waals surface area contributed by atoms with Crippen molar-refractivity contribution in [1.82, 2.24) is 0 Å². The number of carbonyl (C=O) groups excluding carboxylic acids is 1. The van der Waals surface area contributed by atoms with E-state index in [9.17, 15) is 22.0 Å². The number of carbonyl (C=O) groups is 1. The quantitative estimate of drug-likeness (QED) is 0.474. The van der Waals surface area contributed by atoms with Gasteiger partial charge in [-0.15, -0.1) is 0 Å². The Morgan fingerprint density at radius 3 is 2.23 bits per heavy atom. The van der Waals surface area contributed by atoms with E-state index in [2.05, 4.69) is 10.0 Å². The smallest absolute Gasteiger partial charge is 0.261 e. The highest BCUT2D eigenvalue weighted by Crippen LogP contribution is 2.25. The van der Waals surface area contributed by atoms with Gasteiger partial charge in [-0.1, -0.05) is 29.3 Å². The number of rotatable bonds is 5. The topological polar surface area (TPSA) is 75.3 Å². The van der Waals surface area contributed by atoms with E-state index in [0.717, 1.165) is 0 Å². The number of sulfonamides is 1. The average Bonchev–Trinajstić information content (AvgIpc) is 2.68. The first-order chi connectivity index (χ1) is 14.1. The highest BCUT2D eigenvalue weighted by atomic mass is 35.5. The summed E-state index contributed by atoms with van der Waals surface area (Å²) in [4.78, 5) is 12.4. The number of amides is 1. The van der Waals surface area contributed by atoms with Crippen LogP contribution >= 0.6 is 23.2 Å². The normalized spacial score (nSPS) is 11.2. The Morgan fingerprint density at radius 1 is 0.933 bits per heavy atom. The standard InChI is InChI=1S/C20H14Cl2F2N2O3S/c1-11-2-7-14(30(28,29)26-13-5-3-12(21)4-6-13)8-19(11)25-20(27)15-9-17(23)18(24)10-16(15)22/h2-10,26H,1H3,(H,25,27). The fourth-order valence-electron chi connectivity index (χ4n) is 2.52. The summed E-state index contributed by atoms with van der Waals surface area (Å²) in [6, 6.07) is 11.5. The molecule has 0 heterocycles. The first-order valence-corrected chi connectivity index (χ1v) is 10.7. The molecule has 0 aliphatic heterocycles. The van der Waals surface area contributed by atoms with Gasteiger partial charge in [-0.2, -0.15) is 0 Å². The van der Waals surface area contributed by atoms with Gasteiger partial charge in [-0.3, -0.25) is 9.52 Å². The van der Waals surface area contributed by atoms with Gasteiger partial charge in [-0.25, -0.2) is 17.2 Å². The van der Waals surface area contributed by atoms with E-state index in [0.29, 0.717) is 28.4 Å². The number of aryl methyl sites for hydroxylation is 1. The second kappa shape index (κ2) is 8.59. The maximum Gasteiger partial charge on any atom is 0.261 e. The van der Waals surface area contributed by atoms with Crippen LogP contribution in [0.5, 0.6) is 0 Å². The van der Waals surface area contributed by atoms with E-state index >= 15 is 0 Å². The van der Waals surface area contributed by atoms with Crippen LogP contribution in [0, 0.1) is 18.6 Å². The number of hydrogen-bond acceptors (Lipinski definition) is 3. The Labute approximate surface area is 181 Å². The molecule has 0 spiro atoms. The minimum absolute atomic E-state index is 0.116. The predicted octanol–water partition coefficient (Wildman–Crippen LogP) is 5.63. The molecule has 0 saturated heterocycles. The van der Waals surface area contributed by atoms with Crippen LogP contribution in [0.15, 0.2) is 59.5 Å². The van der Waals surface area contributed by atoms with E-state index in [1.807, 2.05) is 0 Å². The zero-order chi connectivity index (χ0) is 22.1. The van der Waals surface area contributed by atoms with Crippen molar-refractivity contribution in [2.24, 2.45) is 0 Å². The van der Waals surface area contributed by atoms with Gasteiger partial charge in [0.2, 0.25) is 0 Å². The maximum atomic E-state index is 13.5. The average molecular weight is 471 g/mol. The first-order valence-electron chi connectivity index (χ1n) is 8.42. The molecule has 5 nitrogen and oxygen atoms in total. The zero-order valence-electron chi connectivity index (χ0n) is 15.3. The van der Waals surface area contributed by atoms with E-state index in [-0.39, 0.29) is 21.2 Å². The SMILES string of the molecule is Cc1ccc(S(=O)(=O)Nc2ccc(Cl)cc2)cc1NC(=O)c1cc(F)c(F)cc1Cl. The van der Waals surface area contributed by atoms with Gasteiger partial charge in [0.05, 0.1) is 15.5 Å². The van der Waals surface area contributed by atoms with Crippen LogP contribution in [0.3, 0.4) is 0 Å². The molecule has 0 aliphatic carbocycles. The summed E-state index contributed by atoms with van der Waals surface area (Å²) in [5.41, 5.74) is 0.730. The third kappa shape index (κ3) is 4.89. The lowest BCUT2D eigenvalue weighted by Crippen LogP contribution is -2.16. The minimum Gasteiger partial charge on any atom is -0.322 e. The molecule has 3 aromatic carbocycles. The van der Waals surface area contributed by atoms with Crippen molar-refractivity contribution in [1.29, 1.82) is 0 Å². The number of benzene rings is 3. The molecule has 10 heteroatoms. The Bertz CT molecular complexity index is 1230. The van der Waals surface area contributed by atoms with Crippen molar-refractivity contribution in [2.75, 3.05) is 10.0 Å². The fraction of sp³-hybridized carbons (Fsp3) is 0.0500. The van der Waals surface area contributed by atoms with Crippen molar-refractivity contribution >= 4 is 50.5 Å². The number of halogens is 4. The van der Waals surface area contributed by atoms with Crippen LogP contribution in [-0.4, -0.2) is 14.3 Å². The van der Waals surface area contributed by atoms with E-state index in [1.54, 1.807) is 6.92 Å². The van der Waals surface area contributed by atoms with E-state index < -0.39 is 27.6 Å². The lowest BCUT2D eigenvalue weighted by Gasteiger charge is -2.13. The molecule has 1 amide bonds. The molecule has 0 unspecified atom stereocenters. The Hall–Kier alpha value is -2.68.